The number of hydrogen-bond donors (Lipinski definition) is 1. The van der Waals surface area contributed by atoms with E-state index < -0.39 is 0 Å². The normalized spacial score (nSPS) is 15.1. The largest absolute Gasteiger partial charge is 0.491 e. The number of carbonyl (C=O) groups excluding carboxylic acids is 1. The summed E-state index contributed by atoms with van der Waals surface area (Å²) in [5.41, 5.74) is 3.78. The summed E-state index contributed by atoms with van der Waals surface area (Å²) in [5, 5.41) is 2.94. The number of amides is 1. The molecule has 3 aromatic rings. The molecule has 1 aliphatic heterocycles. The predicted octanol–water partition coefficient (Wildman–Crippen LogP) is 4.51. The van der Waals surface area contributed by atoms with E-state index in [1.165, 1.54) is 11.3 Å². The molecule has 1 atom stereocenters. The summed E-state index contributed by atoms with van der Waals surface area (Å²) in [6, 6.07) is 17.7. The lowest BCUT2D eigenvalue weighted by atomic mass is 10.1. The van der Waals surface area contributed by atoms with Crippen molar-refractivity contribution in [3.63, 3.8) is 0 Å². The highest BCUT2D eigenvalue weighted by atomic mass is 16.5. The van der Waals surface area contributed by atoms with Gasteiger partial charge in [0.25, 0.3) is 5.91 Å². The molecule has 0 radical (unpaired) electrons. The van der Waals surface area contributed by atoms with E-state index in [1.807, 2.05) is 30.3 Å². The number of hydrogen-bond acceptors (Lipinski definition) is 5. The van der Waals surface area contributed by atoms with Crippen molar-refractivity contribution in [1.82, 2.24) is 0 Å². The first-order valence-corrected chi connectivity index (χ1v) is 10.1. The van der Waals surface area contributed by atoms with Crippen LogP contribution >= 0.6 is 0 Å². The first kappa shape index (κ1) is 20.0. The molecule has 6 heteroatoms. The van der Waals surface area contributed by atoms with Gasteiger partial charge in [-0.1, -0.05) is 18.2 Å². The second-order valence-corrected chi connectivity index (χ2v) is 7.39. The Balaban J connectivity index is 1.42. The van der Waals surface area contributed by atoms with Gasteiger partial charge < -0.3 is 24.1 Å². The molecule has 0 saturated carbocycles. The second kappa shape index (κ2) is 9.05. The van der Waals surface area contributed by atoms with Crippen molar-refractivity contribution in [2.75, 3.05) is 30.5 Å². The maximum absolute atomic E-state index is 12.9. The fourth-order valence-corrected chi connectivity index (χ4v) is 3.77. The van der Waals surface area contributed by atoms with E-state index >= 15 is 0 Å². The monoisotopic (exact) mass is 406 g/mol. The van der Waals surface area contributed by atoms with Gasteiger partial charge in [-0.25, -0.2) is 0 Å². The van der Waals surface area contributed by atoms with Crippen LogP contribution in [0.1, 0.15) is 28.6 Å². The van der Waals surface area contributed by atoms with E-state index in [0.29, 0.717) is 42.8 Å². The number of nitrogens with zero attached hydrogens (tertiary/aromatic N) is 1. The summed E-state index contributed by atoms with van der Waals surface area (Å²) in [6.07, 6.45) is 2.57. The number of anilines is 2. The summed E-state index contributed by atoms with van der Waals surface area (Å²) >= 11 is 0. The van der Waals surface area contributed by atoms with Gasteiger partial charge in [-0.3, -0.25) is 4.79 Å². The molecule has 30 heavy (non-hydrogen) atoms. The number of para-hydroxylation sites is 1. The van der Waals surface area contributed by atoms with E-state index in [-0.39, 0.29) is 5.91 Å². The molecule has 0 bridgehead atoms. The molecule has 2 aromatic carbocycles. The van der Waals surface area contributed by atoms with Crippen LogP contribution in [0, 0.1) is 0 Å². The van der Waals surface area contributed by atoms with Crippen molar-refractivity contribution in [2.24, 2.45) is 0 Å². The Labute approximate surface area is 176 Å². The van der Waals surface area contributed by atoms with Crippen LogP contribution in [0.4, 0.5) is 11.4 Å². The molecule has 1 unspecified atom stereocenters. The van der Waals surface area contributed by atoms with E-state index in [2.05, 4.69) is 35.3 Å². The third-order valence-corrected chi connectivity index (χ3v) is 5.32. The first-order valence-electron chi connectivity index (χ1n) is 10.1. The summed E-state index contributed by atoms with van der Waals surface area (Å²) in [5.74, 6) is 1.21. The third kappa shape index (κ3) is 4.33. The van der Waals surface area contributed by atoms with Crippen LogP contribution in [0.5, 0.6) is 5.75 Å². The standard InChI is InChI=1S/C24H26N2O4/c1-17-15-18-5-3-4-6-22(18)26(17)16-23-21(11-12-30-23)24(27)25-19-7-9-20(10-8-19)29-14-13-28-2/h3-12,17H,13-16H2,1-2H3,(H,25,27). The second-order valence-electron chi connectivity index (χ2n) is 7.39. The van der Waals surface area contributed by atoms with Gasteiger partial charge in [-0.2, -0.15) is 0 Å². The minimum absolute atomic E-state index is 0.188. The molecule has 6 nitrogen and oxygen atoms in total. The van der Waals surface area contributed by atoms with E-state index in [9.17, 15) is 4.79 Å². The molecule has 1 amide bonds. The summed E-state index contributed by atoms with van der Waals surface area (Å²) < 4.78 is 16.2. The van der Waals surface area contributed by atoms with Gasteiger partial charge in [0.2, 0.25) is 0 Å². The number of carbonyl (C=O) groups is 1. The van der Waals surface area contributed by atoms with Crippen LogP contribution < -0.4 is 15.0 Å². The van der Waals surface area contributed by atoms with Crippen molar-refractivity contribution in [3.05, 3.63) is 77.7 Å². The fourth-order valence-electron chi connectivity index (χ4n) is 3.77. The Morgan fingerprint density at radius 3 is 2.73 bits per heavy atom. The maximum Gasteiger partial charge on any atom is 0.259 e. The van der Waals surface area contributed by atoms with Crippen LogP contribution in [0.3, 0.4) is 0 Å². The molecule has 0 fully saturated rings. The molecule has 1 aromatic heterocycles. The van der Waals surface area contributed by atoms with Crippen LogP contribution in [-0.4, -0.2) is 32.3 Å². The van der Waals surface area contributed by atoms with Gasteiger partial charge >= 0.3 is 0 Å². The number of rotatable bonds is 8. The zero-order valence-corrected chi connectivity index (χ0v) is 17.3. The molecule has 4 rings (SSSR count). The Morgan fingerprint density at radius 1 is 1.13 bits per heavy atom. The molecule has 1 N–H and O–H groups in total. The number of fused-ring (bicyclic) bond motifs is 1. The Kier molecular flexibility index (Phi) is 6.05. The summed E-state index contributed by atoms with van der Waals surface area (Å²) in [7, 11) is 1.63. The maximum atomic E-state index is 12.9. The van der Waals surface area contributed by atoms with Gasteiger partial charge in [0.05, 0.1) is 25.0 Å². The highest BCUT2D eigenvalue weighted by Gasteiger charge is 2.28. The van der Waals surface area contributed by atoms with Crippen LogP contribution in [-0.2, 0) is 17.7 Å². The van der Waals surface area contributed by atoms with E-state index in [0.717, 1.165) is 12.2 Å². The molecule has 0 aliphatic carbocycles. The minimum atomic E-state index is -0.188. The average molecular weight is 406 g/mol. The van der Waals surface area contributed by atoms with Crippen LogP contribution in [0.2, 0.25) is 0 Å². The Bertz CT molecular complexity index is 996. The van der Waals surface area contributed by atoms with E-state index in [1.54, 1.807) is 19.4 Å². The summed E-state index contributed by atoms with van der Waals surface area (Å²) in [6.45, 7) is 3.76. The van der Waals surface area contributed by atoms with Crippen LogP contribution in [0.25, 0.3) is 0 Å². The molecular weight excluding hydrogens is 380 g/mol. The van der Waals surface area contributed by atoms with Gasteiger partial charge in [-0.15, -0.1) is 0 Å². The lowest BCUT2D eigenvalue weighted by Crippen LogP contribution is -2.29. The number of benzene rings is 2. The highest BCUT2D eigenvalue weighted by Crippen LogP contribution is 2.33. The van der Waals surface area contributed by atoms with Gasteiger partial charge in [0.1, 0.15) is 18.1 Å². The lowest BCUT2D eigenvalue weighted by molar-refractivity contribution is 0.102. The minimum Gasteiger partial charge on any atom is -0.491 e. The molecule has 0 saturated heterocycles. The van der Waals surface area contributed by atoms with Crippen LogP contribution in [0.15, 0.2) is 65.3 Å². The van der Waals surface area contributed by atoms with Crippen molar-refractivity contribution in [2.45, 2.75) is 25.9 Å². The highest BCUT2D eigenvalue weighted by molar-refractivity contribution is 6.05. The topological polar surface area (TPSA) is 63.9 Å². The summed E-state index contributed by atoms with van der Waals surface area (Å²) in [4.78, 5) is 15.1. The van der Waals surface area contributed by atoms with Crippen molar-refractivity contribution in [3.8, 4) is 5.75 Å². The van der Waals surface area contributed by atoms with Crippen molar-refractivity contribution < 1.29 is 18.7 Å². The molecule has 0 spiro atoms. The molecule has 156 valence electrons. The Hall–Kier alpha value is -3.25. The average Bonchev–Trinajstić information content (AvgIpc) is 3.34. The smallest absolute Gasteiger partial charge is 0.259 e. The number of nitrogens with one attached hydrogen (secondary N) is 1. The zero-order valence-electron chi connectivity index (χ0n) is 17.3. The zero-order chi connectivity index (χ0) is 20.9. The van der Waals surface area contributed by atoms with Crippen molar-refractivity contribution >= 4 is 17.3 Å². The van der Waals surface area contributed by atoms with Crippen molar-refractivity contribution in [1.29, 1.82) is 0 Å². The van der Waals surface area contributed by atoms with Gasteiger partial charge in [0.15, 0.2) is 0 Å². The van der Waals surface area contributed by atoms with Gasteiger partial charge in [0, 0.05) is 24.5 Å². The van der Waals surface area contributed by atoms with Gasteiger partial charge in [-0.05, 0) is 55.3 Å². The first-order chi connectivity index (χ1) is 14.7. The van der Waals surface area contributed by atoms with E-state index in [4.69, 9.17) is 13.9 Å². The quantitative estimate of drug-likeness (QED) is 0.558. The SMILES string of the molecule is COCCOc1ccc(NC(=O)c2ccoc2CN2c3ccccc3CC2C)cc1. The molecule has 1 aliphatic rings. The number of ether oxygens (including phenoxy) is 2. The number of methoxy groups -OCH3 is 1. The number of furan rings is 1. The predicted molar refractivity (Wildman–Crippen MR) is 116 cm³/mol. The Morgan fingerprint density at radius 2 is 1.93 bits per heavy atom. The molecule has 2 heterocycles. The lowest BCUT2D eigenvalue weighted by Gasteiger charge is -2.24. The third-order valence-electron chi connectivity index (χ3n) is 5.32. The fraction of sp³-hybridized carbons (Fsp3) is 0.292. The molecular formula is C24H26N2O4.